The van der Waals surface area contributed by atoms with E-state index in [0.717, 1.165) is 38.5 Å². The maximum Gasteiger partial charge on any atom is 0.288 e. The SMILES string of the molecule is COCCN1C(=O)C[C@@H]([NH+]2CC[NH+](CCOc3ccc(Cl)cc3)CC2)C1=O. The Balaban J connectivity index is 1.40. The number of methoxy groups -OCH3 is 1. The molecule has 27 heavy (non-hydrogen) atoms. The first-order valence-electron chi connectivity index (χ1n) is 9.48. The minimum Gasteiger partial charge on any atom is -0.488 e. The van der Waals surface area contributed by atoms with E-state index in [-0.39, 0.29) is 17.9 Å². The van der Waals surface area contributed by atoms with Crippen LogP contribution in [-0.4, -0.2) is 82.3 Å². The van der Waals surface area contributed by atoms with Crippen molar-refractivity contribution in [2.45, 2.75) is 12.5 Å². The quantitative estimate of drug-likeness (QED) is 0.512. The van der Waals surface area contributed by atoms with Gasteiger partial charge >= 0.3 is 0 Å². The predicted molar refractivity (Wildman–Crippen MR) is 100 cm³/mol. The average molecular weight is 398 g/mol. The van der Waals surface area contributed by atoms with Crippen molar-refractivity contribution in [3.63, 3.8) is 0 Å². The molecule has 0 aromatic heterocycles. The zero-order valence-corrected chi connectivity index (χ0v) is 16.5. The molecule has 1 aromatic rings. The van der Waals surface area contributed by atoms with Crippen LogP contribution >= 0.6 is 11.6 Å². The number of benzene rings is 1. The lowest BCUT2D eigenvalue weighted by molar-refractivity contribution is -1.02. The van der Waals surface area contributed by atoms with Gasteiger partial charge in [0.25, 0.3) is 5.91 Å². The highest BCUT2D eigenvalue weighted by molar-refractivity contribution is 6.30. The van der Waals surface area contributed by atoms with Crippen LogP contribution < -0.4 is 14.5 Å². The van der Waals surface area contributed by atoms with E-state index in [4.69, 9.17) is 21.1 Å². The van der Waals surface area contributed by atoms with Crippen molar-refractivity contribution in [2.75, 3.05) is 59.6 Å². The van der Waals surface area contributed by atoms with Crippen LogP contribution in [0.5, 0.6) is 5.75 Å². The molecule has 8 heteroatoms. The first kappa shape index (κ1) is 20.1. The maximum atomic E-state index is 12.5. The summed E-state index contributed by atoms with van der Waals surface area (Å²) in [5.74, 6) is 0.719. The summed E-state index contributed by atoms with van der Waals surface area (Å²) >= 11 is 5.87. The number of rotatable bonds is 8. The van der Waals surface area contributed by atoms with E-state index in [2.05, 4.69) is 0 Å². The number of ether oxygens (including phenoxy) is 2. The van der Waals surface area contributed by atoms with Crippen molar-refractivity contribution in [3.8, 4) is 5.75 Å². The van der Waals surface area contributed by atoms with Gasteiger partial charge in [-0.25, -0.2) is 0 Å². The van der Waals surface area contributed by atoms with E-state index in [1.54, 1.807) is 7.11 Å². The molecule has 0 radical (unpaired) electrons. The van der Waals surface area contributed by atoms with E-state index in [0.29, 0.717) is 31.2 Å². The van der Waals surface area contributed by atoms with Gasteiger partial charge < -0.3 is 19.3 Å². The molecule has 1 atom stereocenters. The van der Waals surface area contributed by atoms with E-state index < -0.39 is 0 Å². The van der Waals surface area contributed by atoms with Gasteiger partial charge in [-0.3, -0.25) is 14.5 Å². The topological polar surface area (TPSA) is 64.7 Å². The molecule has 0 bridgehead atoms. The number of quaternary nitrogens is 2. The summed E-state index contributed by atoms with van der Waals surface area (Å²) in [6.45, 7) is 6.09. The summed E-state index contributed by atoms with van der Waals surface area (Å²) in [5.41, 5.74) is 0. The number of amides is 2. The molecule has 2 heterocycles. The number of likely N-dealkylation sites (tertiary alicyclic amines) is 1. The molecule has 148 valence electrons. The Morgan fingerprint density at radius 1 is 1.11 bits per heavy atom. The minimum absolute atomic E-state index is 0.0402. The smallest absolute Gasteiger partial charge is 0.288 e. The molecule has 1 aromatic carbocycles. The summed E-state index contributed by atoms with van der Waals surface area (Å²) < 4.78 is 10.8. The number of piperazine rings is 1. The van der Waals surface area contributed by atoms with Gasteiger partial charge in [-0.05, 0) is 24.3 Å². The zero-order chi connectivity index (χ0) is 19.2. The van der Waals surface area contributed by atoms with E-state index in [1.165, 1.54) is 14.7 Å². The van der Waals surface area contributed by atoms with Crippen molar-refractivity contribution in [3.05, 3.63) is 29.3 Å². The lowest BCUT2D eigenvalue weighted by Crippen LogP contribution is -3.30. The molecular weight excluding hydrogens is 370 g/mol. The molecule has 2 N–H and O–H groups in total. The summed E-state index contributed by atoms with van der Waals surface area (Å²) in [5, 5.41) is 0.702. The van der Waals surface area contributed by atoms with Crippen LogP contribution in [0, 0.1) is 0 Å². The van der Waals surface area contributed by atoms with Gasteiger partial charge in [0, 0.05) is 12.1 Å². The third kappa shape index (κ3) is 5.19. The van der Waals surface area contributed by atoms with Gasteiger partial charge in [-0.2, -0.15) is 0 Å². The number of nitrogens with zero attached hydrogens (tertiary/aromatic N) is 1. The number of halogens is 1. The van der Waals surface area contributed by atoms with Crippen LogP contribution in [0.2, 0.25) is 5.02 Å². The van der Waals surface area contributed by atoms with E-state index in [1.807, 2.05) is 24.3 Å². The van der Waals surface area contributed by atoms with Gasteiger partial charge in [0.1, 0.15) is 45.1 Å². The second-order valence-corrected chi connectivity index (χ2v) is 7.53. The van der Waals surface area contributed by atoms with Crippen LogP contribution in [0.1, 0.15) is 6.42 Å². The van der Waals surface area contributed by atoms with Crippen LogP contribution in [0.25, 0.3) is 0 Å². The monoisotopic (exact) mass is 397 g/mol. The Morgan fingerprint density at radius 2 is 1.81 bits per heavy atom. The summed E-state index contributed by atoms with van der Waals surface area (Å²) in [4.78, 5) is 28.7. The van der Waals surface area contributed by atoms with Gasteiger partial charge in [0.15, 0.2) is 6.04 Å². The first-order chi connectivity index (χ1) is 13.1. The molecule has 7 nitrogen and oxygen atoms in total. The largest absolute Gasteiger partial charge is 0.488 e. The molecule has 2 amide bonds. The van der Waals surface area contributed by atoms with Gasteiger partial charge in [-0.15, -0.1) is 0 Å². The Kier molecular flexibility index (Phi) is 7.07. The van der Waals surface area contributed by atoms with Crippen molar-refractivity contribution in [2.24, 2.45) is 0 Å². The fraction of sp³-hybridized carbons (Fsp3) is 0.579. The highest BCUT2D eigenvalue weighted by Crippen LogP contribution is 2.15. The number of carbonyl (C=O) groups excluding carboxylic acids is 2. The standard InChI is InChI=1S/C19H26ClN3O4/c1-26-12-11-23-18(24)14-17(19(23)25)22-8-6-21(7-9-22)10-13-27-16-4-2-15(20)3-5-16/h2-5,17H,6-14H2,1H3/p+2/t17-/m1/s1. The lowest BCUT2D eigenvalue weighted by atomic mass is 10.2. The molecule has 0 saturated carbocycles. The van der Waals surface area contributed by atoms with Crippen molar-refractivity contribution in [1.29, 1.82) is 0 Å². The number of hydrogen-bond acceptors (Lipinski definition) is 4. The molecule has 2 fully saturated rings. The second-order valence-electron chi connectivity index (χ2n) is 7.09. The van der Waals surface area contributed by atoms with Crippen LogP contribution in [0.3, 0.4) is 0 Å². The van der Waals surface area contributed by atoms with E-state index in [9.17, 15) is 9.59 Å². The average Bonchev–Trinajstić information content (AvgIpc) is 2.96. The number of imide groups is 1. The predicted octanol–water partition coefficient (Wildman–Crippen LogP) is -1.72. The van der Waals surface area contributed by atoms with Crippen molar-refractivity contribution in [1.82, 2.24) is 4.90 Å². The zero-order valence-electron chi connectivity index (χ0n) is 15.7. The summed E-state index contributed by atoms with van der Waals surface area (Å²) in [6, 6.07) is 7.17. The third-order valence-electron chi connectivity index (χ3n) is 5.39. The van der Waals surface area contributed by atoms with Gasteiger partial charge in [-0.1, -0.05) is 11.6 Å². The Hall–Kier alpha value is -1.67. The van der Waals surface area contributed by atoms with Crippen molar-refractivity contribution >= 4 is 23.4 Å². The fourth-order valence-electron chi connectivity index (χ4n) is 3.79. The maximum absolute atomic E-state index is 12.5. The Morgan fingerprint density at radius 3 is 2.48 bits per heavy atom. The van der Waals surface area contributed by atoms with Crippen molar-refractivity contribution < 1.29 is 28.9 Å². The molecule has 3 rings (SSSR count). The minimum atomic E-state index is -0.221. The highest BCUT2D eigenvalue weighted by atomic mass is 35.5. The highest BCUT2D eigenvalue weighted by Gasteiger charge is 2.45. The molecule has 0 unspecified atom stereocenters. The van der Waals surface area contributed by atoms with E-state index >= 15 is 0 Å². The van der Waals surface area contributed by atoms with Gasteiger partial charge in [0.2, 0.25) is 5.91 Å². The number of hydrogen-bond donors (Lipinski definition) is 2. The molecule has 2 aliphatic rings. The molecule has 0 spiro atoms. The molecular formula is C19H28ClN3O4+2. The normalized spacial score (nSPS) is 25.9. The molecule has 0 aliphatic carbocycles. The van der Waals surface area contributed by atoms with Crippen LogP contribution in [0.4, 0.5) is 0 Å². The Bertz CT molecular complexity index is 647. The summed E-state index contributed by atoms with van der Waals surface area (Å²) in [6.07, 6.45) is 0.326. The first-order valence-corrected chi connectivity index (χ1v) is 9.86. The second kappa shape index (κ2) is 9.50. The van der Waals surface area contributed by atoms with Crippen LogP contribution in [-0.2, 0) is 14.3 Å². The lowest BCUT2D eigenvalue weighted by Gasteiger charge is -2.32. The third-order valence-corrected chi connectivity index (χ3v) is 5.65. The summed E-state index contributed by atoms with van der Waals surface area (Å²) in [7, 11) is 1.58. The van der Waals surface area contributed by atoms with Gasteiger partial charge in [0.05, 0.1) is 19.6 Å². The fourth-order valence-corrected chi connectivity index (χ4v) is 3.91. The Labute approximate surface area is 164 Å². The molecule has 2 saturated heterocycles. The molecule has 2 aliphatic heterocycles. The number of nitrogens with one attached hydrogen (secondary N) is 2. The van der Waals surface area contributed by atoms with Crippen LogP contribution in [0.15, 0.2) is 24.3 Å². The number of carbonyl (C=O) groups is 2.